The molecular weight excluding hydrogens is 453 g/mol. The van der Waals surface area contributed by atoms with Crippen molar-refractivity contribution in [2.75, 3.05) is 40.0 Å². The van der Waals surface area contributed by atoms with Crippen molar-refractivity contribution >= 4 is 11.1 Å². The summed E-state index contributed by atoms with van der Waals surface area (Å²) in [7, 11) is 1.00. The van der Waals surface area contributed by atoms with Gasteiger partial charge in [0, 0.05) is 43.8 Å². The zero-order chi connectivity index (χ0) is 25.9. The summed E-state index contributed by atoms with van der Waals surface area (Å²) in [6.07, 6.45) is -0.180. The van der Waals surface area contributed by atoms with Crippen LogP contribution in [0.25, 0.3) is 11.1 Å². The summed E-state index contributed by atoms with van der Waals surface area (Å²) in [5, 5.41) is 7.00. The number of fused-ring (bicyclic) bond motifs is 1. The van der Waals surface area contributed by atoms with E-state index in [0.29, 0.717) is 6.61 Å². The Morgan fingerprint density at radius 1 is 0.917 bits per heavy atom. The Morgan fingerprint density at radius 2 is 1.56 bits per heavy atom. The molecule has 0 unspecified atom stereocenters. The maximum Gasteiger partial charge on any atom is 0.150 e. The van der Waals surface area contributed by atoms with Crippen molar-refractivity contribution in [2.45, 2.75) is 26.9 Å². The number of hydrogen-bond donors (Lipinski definition) is 1. The van der Waals surface area contributed by atoms with Gasteiger partial charge in [0.1, 0.15) is 24.2 Å². The van der Waals surface area contributed by atoms with Crippen LogP contribution in [0.5, 0.6) is 11.5 Å². The summed E-state index contributed by atoms with van der Waals surface area (Å²) in [6.45, 7) is 9.09. The summed E-state index contributed by atoms with van der Waals surface area (Å²) in [5.41, 5.74) is 5.84. The topological polar surface area (TPSA) is 41.9 Å². The number of hydrogen-bond acceptors (Lipinski definition) is 4. The van der Waals surface area contributed by atoms with Gasteiger partial charge >= 0.3 is 0 Å². The number of alkyl halides is 1. The molecule has 0 radical (unpaired) electrons. The maximum absolute atomic E-state index is 12.6. The van der Waals surface area contributed by atoms with Crippen LogP contribution in [0.3, 0.4) is 0 Å². The fourth-order valence-corrected chi connectivity index (χ4v) is 4.62. The summed E-state index contributed by atoms with van der Waals surface area (Å²) < 4.78 is 25.0. The van der Waals surface area contributed by atoms with Gasteiger partial charge in [0.05, 0.1) is 6.67 Å². The highest BCUT2D eigenvalue weighted by Crippen LogP contribution is 2.46. The Balaban J connectivity index is 0.000000861. The predicted octanol–water partition coefficient (Wildman–Crippen LogP) is 6.67. The van der Waals surface area contributed by atoms with Crippen molar-refractivity contribution in [2.24, 2.45) is 5.92 Å². The van der Waals surface area contributed by atoms with Gasteiger partial charge in [-0.15, -0.1) is 0 Å². The van der Waals surface area contributed by atoms with Gasteiger partial charge in [-0.1, -0.05) is 74.5 Å². The minimum Gasteiger partial charge on any atom is -0.492 e. The largest absolute Gasteiger partial charge is 0.492 e. The Labute approximate surface area is 215 Å². The van der Waals surface area contributed by atoms with Crippen LogP contribution in [-0.4, -0.2) is 50.0 Å². The first-order valence-corrected chi connectivity index (χ1v) is 12.7. The first-order chi connectivity index (χ1) is 17.7. The van der Waals surface area contributed by atoms with Crippen molar-refractivity contribution < 1.29 is 19.0 Å². The number of halogens is 1. The van der Waals surface area contributed by atoms with Crippen LogP contribution < -0.4 is 9.47 Å². The lowest BCUT2D eigenvalue weighted by atomic mass is 9.86. The molecule has 1 saturated heterocycles. The van der Waals surface area contributed by atoms with Crippen LogP contribution in [0.4, 0.5) is 4.39 Å². The van der Waals surface area contributed by atoms with Crippen LogP contribution in [0.2, 0.25) is 0 Å². The molecule has 1 N–H and O–H groups in total. The molecule has 0 saturated carbocycles. The third kappa shape index (κ3) is 6.34. The van der Waals surface area contributed by atoms with Crippen molar-refractivity contribution in [3.05, 3.63) is 95.6 Å². The number of allylic oxidation sites excluding steroid dienone is 1. The summed E-state index contributed by atoms with van der Waals surface area (Å²) in [4.78, 5) is 2.23. The van der Waals surface area contributed by atoms with Crippen LogP contribution in [0.1, 0.15) is 43.6 Å². The second-order valence-electron chi connectivity index (χ2n) is 8.60. The molecule has 1 atom stereocenters. The third-order valence-corrected chi connectivity index (χ3v) is 6.40. The number of rotatable bonds is 7. The highest BCUT2D eigenvalue weighted by atomic mass is 19.1. The molecule has 5 rings (SSSR count). The zero-order valence-corrected chi connectivity index (χ0v) is 21.8. The van der Waals surface area contributed by atoms with E-state index in [1.54, 1.807) is 0 Å². The number of likely N-dealkylation sites (tertiary alicyclic amines) is 1. The molecule has 2 aliphatic heterocycles. The van der Waals surface area contributed by atoms with Gasteiger partial charge in [0.15, 0.2) is 0 Å². The highest BCUT2D eigenvalue weighted by Gasteiger charge is 2.29. The van der Waals surface area contributed by atoms with E-state index in [4.69, 9.17) is 14.6 Å². The van der Waals surface area contributed by atoms with Crippen molar-refractivity contribution in [3.8, 4) is 11.5 Å². The fraction of sp³-hybridized carbons (Fsp3) is 0.355. The minimum absolute atomic E-state index is 0.180. The zero-order valence-electron chi connectivity index (χ0n) is 21.8. The molecule has 0 amide bonds. The highest BCUT2D eigenvalue weighted by molar-refractivity contribution is 5.95. The first kappa shape index (κ1) is 27.4. The summed E-state index contributed by atoms with van der Waals surface area (Å²) >= 11 is 0. The molecule has 0 aromatic heterocycles. The van der Waals surface area contributed by atoms with Gasteiger partial charge in [-0.25, -0.2) is 0 Å². The van der Waals surface area contributed by atoms with Gasteiger partial charge in [-0.3, -0.25) is 9.29 Å². The van der Waals surface area contributed by atoms with Gasteiger partial charge in [-0.05, 0) is 41.8 Å². The third-order valence-electron chi connectivity index (χ3n) is 6.40. The van der Waals surface area contributed by atoms with E-state index in [0.717, 1.165) is 49.4 Å². The standard InChI is InChI=1S/C28H28FNO2.C2H6.CH4O/c1-20-25-9-5-6-10-26(25)32-28(27(20)22-7-3-2-4-8-22)23-11-13-24(14-12-23)31-16-15-30-18-21(17-29)19-30;2*1-2/h2-14,21,28H,15-19H2,1H3;1-2H3;2H,1H3/t28-;;/m0../s1. The Morgan fingerprint density at radius 3 is 2.22 bits per heavy atom. The Bertz CT molecular complexity index is 1090. The molecule has 0 spiro atoms. The number of ether oxygens (including phenoxy) is 2. The Kier molecular flexibility index (Phi) is 10.5. The summed E-state index contributed by atoms with van der Waals surface area (Å²) in [6, 6.07) is 26.9. The fourth-order valence-electron chi connectivity index (χ4n) is 4.62. The predicted molar refractivity (Wildman–Crippen MR) is 146 cm³/mol. The van der Waals surface area contributed by atoms with Crippen LogP contribution >= 0.6 is 0 Å². The molecular formula is C31H38FNO3. The molecule has 36 heavy (non-hydrogen) atoms. The lowest BCUT2D eigenvalue weighted by Crippen LogP contribution is -2.49. The van der Waals surface area contributed by atoms with E-state index in [-0.39, 0.29) is 18.7 Å². The second-order valence-corrected chi connectivity index (χ2v) is 8.60. The van der Waals surface area contributed by atoms with Gasteiger partial charge < -0.3 is 14.6 Å². The molecule has 2 heterocycles. The number of benzene rings is 3. The van der Waals surface area contributed by atoms with E-state index in [9.17, 15) is 4.39 Å². The SMILES string of the molecule is CC.CC1=C(c2ccccc2)[C@H](c2ccc(OCCN3CC(CF)C3)cc2)Oc2ccccc21.CO. The number of aliphatic hydroxyl groups is 1. The molecule has 2 aliphatic rings. The molecule has 0 bridgehead atoms. The molecule has 3 aromatic rings. The van der Waals surface area contributed by atoms with E-state index in [1.807, 2.05) is 44.2 Å². The average Bonchev–Trinajstić information content (AvgIpc) is 2.93. The lowest BCUT2D eigenvalue weighted by molar-refractivity contribution is 0.0668. The van der Waals surface area contributed by atoms with Gasteiger partial charge in [0.25, 0.3) is 0 Å². The molecule has 0 aliphatic carbocycles. The minimum atomic E-state index is -0.217. The molecule has 4 nitrogen and oxygen atoms in total. The molecule has 1 fully saturated rings. The molecule has 3 aromatic carbocycles. The lowest BCUT2D eigenvalue weighted by Gasteiger charge is -2.37. The van der Waals surface area contributed by atoms with Gasteiger partial charge in [0.2, 0.25) is 0 Å². The van der Waals surface area contributed by atoms with Gasteiger partial charge in [-0.2, -0.15) is 0 Å². The number of aliphatic hydroxyl groups excluding tert-OH is 1. The van der Waals surface area contributed by atoms with E-state index >= 15 is 0 Å². The monoisotopic (exact) mass is 491 g/mol. The van der Waals surface area contributed by atoms with E-state index in [2.05, 4.69) is 60.4 Å². The Hall–Kier alpha value is -3.15. The molecule has 5 heteroatoms. The van der Waals surface area contributed by atoms with Crippen molar-refractivity contribution in [3.63, 3.8) is 0 Å². The van der Waals surface area contributed by atoms with Crippen LogP contribution in [0.15, 0.2) is 78.9 Å². The van der Waals surface area contributed by atoms with Crippen molar-refractivity contribution in [1.82, 2.24) is 4.90 Å². The van der Waals surface area contributed by atoms with Crippen molar-refractivity contribution in [1.29, 1.82) is 0 Å². The van der Waals surface area contributed by atoms with E-state index < -0.39 is 0 Å². The normalized spacial score (nSPS) is 16.9. The summed E-state index contributed by atoms with van der Waals surface area (Å²) in [5.74, 6) is 1.97. The maximum atomic E-state index is 12.6. The van der Waals surface area contributed by atoms with Crippen LogP contribution in [-0.2, 0) is 0 Å². The number of para-hydroxylation sites is 1. The second kappa shape index (κ2) is 13.8. The molecule has 192 valence electrons. The average molecular weight is 492 g/mol. The quantitative estimate of drug-likeness (QED) is 0.401. The van der Waals surface area contributed by atoms with E-state index in [1.165, 1.54) is 16.7 Å². The number of nitrogens with zero attached hydrogens (tertiary/aromatic N) is 1. The first-order valence-electron chi connectivity index (χ1n) is 12.7. The smallest absolute Gasteiger partial charge is 0.150 e. The van der Waals surface area contributed by atoms with Crippen LogP contribution in [0, 0.1) is 5.92 Å².